The normalized spacial score (nSPS) is 29.4. The number of hydrogen-bond donors (Lipinski definition) is 1. The fourth-order valence-electron chi connectivity index (χ4n) is 3.99. The molecule has 0 bridgehead atoms. The molecule has 2 saturated heterocycles. The minimum absolute atomic E-state index is 0.0207. The summed E-state index contributed by atoms with van der Waals surface area (Å²) in [6.45, 7) is 5.74. The quantitative estimate of drug-likeness (QED) is 0.822. The average molecular weight is 295 g/mol. The molecule has 1 saturated carbocycles. The van der Waals surface area contributed by atoms with Crippen molar-refractivity contribution in [3.05, 3.63) is 0 Å². The first kappa shape index (κ1) is 15.3. The Labute approximate surface area is 127 Å². The van der Waals surface area contributed by atoms with Crippen LogP contribution in [-0.2, 0) is 4.79 Å². The molecule has 1 amide bonds. The first-order chi connectivity index (χ1) is 10.3. The van der Waals surface area contributed by atoms with Gasteiger partial charge in [-0.15, -0.1) is 0 Å². The lowest BCUT2D eigenvalue weighted by molar-refractivity contribution is -0.136. The number of rotatable bonds is 4. The summed E-state index contributed by atoms with van der Waals surface area (Å²) in [5.74, 6) is 0.302. The summed E-state index contributed by atoms with van der Waals surface area (Å²) in [4.78, 5) is 19.6. The molecule has 0 aromatic rings. The van der Waals surface area contributed by atoms with Crippen molar-refractivity contribution in [2.75, 3.05) is 45.9 Å². The van der Waals surface area contributed by atoms with Gasteiger partial charge in [-0.1, -0.05) is 6.42 Å². The molecule has 3 fully saturated rings. The minimum atomic E-state index is 0.0207. The van der Waals surface area contributed by atoms with Crippen LogP contribution in [0.25, 0.3) is 0 Å². The summed E-state index contributed by atoms with van der Waals surface area (Å²) in [5.41, 5.74) is 0. The Bertz CT molecular complexity index is 359. The van der Waals surface area contributed by atoms with E-state index in [1.807, 2.05) is 0 Å². The van der Waals surface area contributed by atoms with Crippen LogP contribution < -0.4 is 0 Å². The predicted octanol–water partition coefficient (Wildman–Crippen LogP) is 0.530. The Hall–Kier alpha value is -0.650. The van der Waals surface area contributed by atoms with Gasteiger partial charge in [-0.3, -0.25) is 14.6 Å². The Morgan fingerprint density at radius 2 is 1.81 bits per heavy atom. The topological polar surface area (TPSA) is 47.0 Å². The lowest BCUT2D eigenvalue weighted by Gasteiger charge is -2.37. The number of amides is 1. The molecule has 2 aliphatic heterocycles. The van der Waals surface area contributed by atoms with E-state index in [1.165, 1.54) is 19.3 Å². The van der Waals surface area contributed by atoms with E-state index >= 15 is 0 Å². The average Bonchev–Trinajstić information content (AvgIpc) is 2.75. The summed E-state index contributed by atoms with van der Waals surface area (Å²) < 4.78 is 0. The fraction of sp³-hybridized carbons (Fsp3) is 0.938. The van der Waals surface area contributed by atoms with E-state index < -0.39 is 0 Å². The number of carbonyl (C=O) groups excluding carboxylic acids is 1. The van der Waals surface area contributed by atoms with Gasteiger partial charge in [-0.2, -0.15) is 0 Å². The molecular formula is C16H29N3O2. The minimum Gasteiger partial charge on any atom is -0.395 e. The fourth-order valence-corrected chi connectivity index (χ4v) is 3.99. The molecule has 1 atom stereocenters. The van der Waals surface area contributed by atoms with Crippen LogP contribution in [0.2, 0.25) is 0 Å². The molecule has 0 unspecified atom stereocenters. The Morgan fingerprint density at radius 3 is 2.52 bits per heavy atom. The summed E-state index contributed by atoms with van der Waals surface area (Å²) in [7, 11) is 0. The summed E-state index contributed by atoms with van der Waals surface area (Å²) in [6, 6.07) is 0.810. The van der Waals surface area contributed by atoms with Gasteiger partial charge in [-0.25, -0.2) is 0 Å². The first-order valence-electron chi connectivity index (χ1n) is 8.67. The Balaban J connectivity index is 1.54. The lowest BCUT2D eigenvalue weighted by Crippen LogP contribution is -2.48. The van der Waals surface area contributed by atoms with Crippen molar-refractivity contribution in [1.82, 2.24) is 14.7 Å². The van der Waals surface area contributed by atoms with Crippen molar-refractivity contribution in [3.8, 4) is 0 Å². The maximum absolute atomic E-state index is 12.8. The molecule has 3 rings (SSSR count). The van der Waals surface area contributed by atoms with Crippen molar-refractivity contribution in [2.24, 2.45) is 0 Å². The van der Waals surface area contributed by atoms with E-state index in [4.69, 9.17) is 5.11 Å². The highest BCUT2D eigenvalue weighted by atomic mass is 16.3. The van der Waals surface area contributed by atoms with Gasteiger partial charge >= 0.3 is 0 Å². The molecule has 0 aromatic heterocycles. The van der Waals surface area contributed by atoms with E-state index in [0.717, 1.165) is 58.0 Å². The molecule has 0 spiro atoms. The molecule has 2 heterocycles. The number of carbonyl (C=O) groups is 1. The Morgan fingerprint density at radius 1 is 0.952 bits per heavy atom. The van der Waals surface area contributed by atoms with E-state index in [-0.39, 0.29) is 12.6 Å². The van der Waals surface area contributed by atoms with E-state index in [9.17, 15) is 4.79 Å². The van der Waals surface area contributed by atoms with Gasteiger partial charge < -0.3 is 10.0 Å². The number of hydrogen-bond acceptors (Lipinski definition) is 4. The molecule has 120 valence electrons. The highest BCUT2D eigenvalue weighted by Gasteiger charge is 2.34. The standard InChI is InChI=1S/C16H29N3O2/c20-13-12-18-7-2-6-15(18)16(21)19-9-3-8-17(10-11-19)14-4-1-5-14/h14-15,20H,1-13H2/t15-/m1/s1. The number of nitrogens with zero attached hydrogens (tertiary/aromatic N) is 3. The van der Waals surface area contributed by atoms with Crippen LogP contribution in [0.3, 0.4) is 0 Å². The summed E-state index contributed by atoms with van der Waals surface area (Å²) in [5, 5.41) is 9.14. The van der Waals surface area contributed by atoms with E-state index in [0.29, 0.717) is 12.5 Å². The zero-order chi connectivity index (χ0) is 14.7. The molecule has 0 radical (unpaired) electrons. The SMILES string of the molecule is O=C([C@H]1CCCN1CCO)N1CCCN(C2CCC2)CC1. The maximum atomic E-state index is 12.8. The predicted molar refractivity (Wildman–Crippen MR) is 82.1 cm³/mol. The van der Waals surface area contributed by atoms with Crippen molar-refractivity contribution >= 4 is 5.91 Å². The molecule has 1 aliphatic carbocycles. The van der Waals surface area contributed by atoms with Crippen LogP contribution in [0.1, 0.15) is 38.5 Å². The van der Waals surface area contributed by atoms with Crippen molar-refractivity contribution in [3.63, 3.8) is 0 Å². The van der Waals surface area contributed by atoms with Gasteiger partial charge in [-0.05, 0) is 38.6 Å². The van der Waals surface area contributed by atoms with Gasteiger partial charge in [0.05, 0.1) is 12.6 Å². The zero-order valence-electron chi connectivity index (χ0n) is 13.0. The highest BCUT2D eigenvalue weighted by Crippen LogP contribution is 2.26. The molecule has 3 aliphatic rings. The number of β-amino-alcohol motifs (C(OH)–C–C–N with tert-alkyl or cyclic N) is 1. The second kappa shape index (κ2) is 7.07. The summed E-state index contributed by atoms with van der Waals surface area (Å²) in [6.07, 6.45) is 7.22. The van der Waals surface area contributed by atoms with E-state index in [2.05, 4.69) is 14.7 Å². The largest absolute Gasteiger partial charge is 0.395 e. The van der Waals surface area contributed by atoms with Gasteiger partial charge in [0.15, 0.2) is 0 Å². The maximum Gasteiger partial charge on any atom is 0.239 e. The van der Waals surface area contributed by atoms with E-state index in [1.54, 1.807) is 0 Å². The van der Waals surface area contributed by atoms with Crippen molar-refractivity contribution in [2.45, 2.75) is 50.6 Å². The van der Waals surface area contributed by atoms with Gasteiger partial charge in [0.2, 0.25) is 5.91 Å². The van der Waals surface area contributed by atoms with Gasteiger partial charge in [0.1, 0.15) is 0 Å². The second-order valence-corrected chi connectivity index (χ2v) is 6.72. The molecule has 1 N–H and O–H groups in total. The molecule has 5 nitrogen and oxygen atoms in total. The van der Waals surface area contributed by atoms with Gasteiger partial charge in [0, 0.05) is 38.8 Å². The third kappa shape index (κ3) is 3.41. The molecule has 5 heteroatoms. The number of aliphatic hydroxyl groups is 1. The van der Waals surface area contributed by atoms with Crippen LogP contribution in [0.5, 0.6) is 0 Å². The zero-order valence-corrected chi connectivity index (χ0v) is 13.0. The third-order valence-corrected chi connectivity index (χ3v) is 5.47. The van der Waals surface area contributed by atoms with Crippen LogP contribution >= 0.6 is 0 Å². The smallest absolute Gasteiger partial charge is 0.239 e. The third-order valence-electron chi connectivity index (χ3n) is 5.47. The van der Waals surface area contributed by atoms with Crippen LogP contribution in [0.4, 0.5) is 0 Å². The summed E-state index contributed by atoms with van der Waals surface area (Å²) >= 11 is 0. The molecular weight excluding hydrogens is 266 g/mol. The van der Waals surface area contributed by atoms with Crippen LogP contribution in [-0.4, -0.2) is 83.7 Å². The number of likely N-dealkylation sites (tertiary alicyclic amines) is 1. The van der Waals surface area contributed by atoms with Crippen LogP contribution in [0.15, 0.2) is 0 Å². The molecule has 21 heavy (non-hydrogen) atoms. The molecule has 0 aromatic carbocycles. The highest BCUT2D eigenvalue weighted by molar-refractivity contribution is 5.82. The second-order valence-electron chi connectivity index (χ2n) is 6.72. The monoisotopic (exact) mass is 295 g/mol. The van der Waals surface area contributed by atoms with Crippen molar-refractivity contribution in [1.29, 1.82) is 0 Å². The Kier molecular flexibility index (Phi) is 5.14. The van der Waals surface area contributed by atoms with Crippen molar-refractivity contribution < 1.29 is 9.90 Å². The first-order valence-corrected chi connectivity index (χ1v) is 8.67. The van der Waals surface area contributed by atoms with Crippen LogP contribution in [0, 0.1) is 0 Å². The number of aliphatic hydroxyl groups excluding tert-OH is 1. The van der Waals surface area contributed by atoms with Gasteiger partial charge in [0.25, 0.3) is 0 Å². The lowest BCUT2D eigenvalue weighted by atomic mass is 9.91.